The number of halogens is 5. The monoisotopic (exact) mass is 327 g/mol. The van der Waals surface area contributed by atoms with Crippen LogP contribution in [-0.4, -0.2) is 36.4 Å². The van der Waals surface area contributed by atoms with E-state index >= 15 is 0 Å². The Morgan fingerprint density at radius 2 is 2.10 bits per heavy atom. The summed E-state index contributed by atoms with van der Waals surface area (Å²) in [5, 5.41) is 10.6. The van der Waals surface area contributed by atoms with E-state index in [0.717, 1.165) is 6.07 Å². The fraction of sp³-hybridized carbons (Fsp3) is 0.417. The molecule has 1 aromatic rings. The van der Waals surface area contributed by atoms with E-state index in [0.29, 0.717) is 6.07 Å². The van der Waals surface area contributed by atoms with Gasteiger partial charge < -0.3 is 15.2 Å². The molecule has 2 atom stereocenters. The minimum absolute atomic E-state index is 0.00407. The van der Waals surface area contributed by atoms with E-state index < -0.39 is 40.7 Å². The number of morpholine rings is 1. The Morgan fingerprint density at radius 1 is 1.43 bits per heavy atom. The number of hydrogen-bond donors (Lipinski definition) is 2. The zero-order valence-corrected chi connectivity index (χ0v) is 11.1. The zero-order chi connectivity index (χ0) is 15.8. The summed E-state index contributed by atoms with van der Waals surface area (Å²) in [4.78, 5) is 10.8. The standard InChI is InChI=1S/C12H10ClF4NO3/c13-6-3-5(4-7(14)8(6)11(19)20)9-10(12(15,16)17)18-1-2-21-9/h3-4,9-10,18H,1-2H2,(H,19,20)/t9-,10?/m1/s1. The number of nitrogens with one attached hydrogen (secondary N) is 1. The topological polar surface area (TPSA) is 58.6 Å². The number of alkyl halides is 3. The third kappa shape index (κ3) is 3.28. The first-order valence-electron chi connectivity index (χ1n) is 5.85. The molecule has 1 aromatic carbocycles. The van der Waals surface area contributed by atoms with Gasteiger partial charge in [-0.2, -0.15) is 13.2 Å². The number of ether oxygens (including phenoxy) is 1. The minimum atomic E-state index is -4.60. The second kappa shape index (κ2) is 5.78. The summed E-state index contributed by atoms with van der Waals surface area (Å²) in [5.41, 5.74) is -0.954. The molecule has 116 valence electrons. The third-order valence-corrected chi connectivity index (χ3v) is 3.32. The molecular formula is C12H10ClF4NO3. The van der Waals surface area contributed by atoms with Gasteiger partial charge in [0.1, 0.15) is 23.5 Å². The predicted molar refractivity (Wildman–Crippen MR) is 64.9 cm³/mol. The van der Waals surface area contributed by atoms with E-state index in [1.807, 2.05) is 0 Å². The molecule has 2 rings (SSSR count). The van der Waals surface area contributed by atoms with Gasteiger partial charge >= 0.3 is 12.1 Å². The number of rotatable bonds is 2. The Morgan fingerprint density at radius 3 is 2.62 bits per heavy atom. The molecule has 2 N–H and O–H groups in total. The number of hydrogen-bond acceptors (Lipinski definition) is 3. The molecule has 9 heteroatoms. The van der Waals surface area contributed by atoms with Crippen LogP contribution >= 0.6 is 11.6 Å². The van der Waals surface area contributed by atoms with Crippen molar-refractivity contribution < 1.29 is 32.2 Å². The molecule has 0 amide bonds. The van der Waals surface area contributed by atoms with Crippen molar-refractivity contribution in [3.05, 3.63) is 34.1 Å². The number of benzene rings is 1. The molecule has 0 radical (unpaired) electrons. The Kier molecular flexibility index (Phi) is 4.40. The van der Waals surface area contributed by atoms with Crippen LogP contribution in [0.3, 0.4) is 0 Å². The van der Waals surface area contributed by atoms with Gasteiger partial charge in [0.05, 0.1) is 11.6 Å². The van der Waals surface area contributed by atoms with Crippen molar-refractivity contribution in [1.29, 1.82) is 0 Å². The SMILES string of the molecule is O=C(O)c1c(F)cc([C@H]2OCCNC2C(F)(F)F)cc1Cl. The van der Waals surface area contributed by atoms with Gasteiger partial charge in [-0.3, -0.25) is 0 Å². The summed E-state index contributed by atoms with van der Waals surface area (Å²) in [7, 11) is 0. The molecule has 0 saturated carbocycles. The maximum Gasteiger partial charge on any atom is 0.406 e. The molecule has 0 aromatic heterocycles. The van der Waals surface area contributed by atoms with Crippen LogP contribution in [0.25, 0.3) is 0 Å². The molecule has 1 aliphatic rings. The van der Waals surface area contributed by atoms with E-state index in [9.17, 15) is 22.4 Å². The maximum absolute atomic E-state index is 13.7. The Hall–Kier alpha value is -1.38. The lowest BCUT2D eigenvalue weighted by molar-refractivity contribution is -0.197. The number of carboxylic acids is 1. The van der Waals surface area contributed by atoms with Gasteiger partial charge in [0.15, 0.2) is 0 Å². The molecule has 21 heavy (non-hydrogen) atoms. The summed E-state index contributed by atoms with van der Waals surface area (Å²) in [5.74, 6) is -2.81. The van der Waals surface area contributed by atoms with Gasteiger partial charge in [-0.25, -0.2) is 9.18 Å². The van der Waals surface area contributed by atoms with Gasteiger partial charge in [-0.05, 0) is 17.7 Å². The molecular weight excluding hydrogens is 318 g/mol. The molecule has 4 nitrogen and oxygen atoms in total. The van der Waals surface area contributed by atoms with Crippen molar-refractivity contribution >= 4 is 17.6 Å². The Labute approximate surface area is 121 Å². The largest absolute Gasteiger partial charge is 0.478 e. The zero-order valence-electron chi connectivity index (χ0n) is 10.4. The van der Waals surface area contributed by atoms with E-state index in [1.165, 1.54) is 0 Å². The van der Waals surface area contributed by atoms with Crippen LogP contribution in [0.1, 0.15) is 22.0 Å². The van der Waals surface area contributed by atoms with Crippen LogP contribution in [0.4, 0.5) is 17.6 Å². The summed E-state index contributed by atoms with van der Waals surface area (Å²) in [6, 6.07) is -0.339. The van der Waals surface area contributed by atoms with Crippen molar-refractivity contribution in [2.45, 2.75) is 18.3 Å². The van der Waals surface area contributed by atoms with Crippen molar-refractivity contribution in [1.82, 2.24) is 5.32 Å². The second-order valence-electron chi connectivity index (χ2n) is 4.43. The van der Waals surface area contributed by atoms with Crippen molar-refractivity contribution in [2.24, 2.45) is 0 Å². The van der Waals surface area contributed by atoms with Crippen molar-refractivity contribution in [3.8, 4) is 0 Å². The Balaban J connectivity index is 2.43. The van der Waals surface area contributed by atoms with E-state index in [-0.39, 0.29) is 18.7 Å². The van der Waals surface area contributed by atoms with Crippen LogP contribution in [0, 0.1) is 5.82 Å². The quantitative estimate of drug-likeness (QED) is 0.820. The maximum atomic E-state index is 13.7. The highest BCUT2D eigenvalue weighted by molar-refractivity contribution is 6.33. The lowest BCUT2D eigenvalue weighted by Gasteiger charge is -2.34. The summed E-state index contributed by atoms with van der Waals surface area (Å²) >= 11 is 5.63. The van der Waals surface area contributed by atoms with E-state index in [4.69, 9.17) is 21.4 Å². The fourth-order valence-electron chi connectivity index (χ4n) is 2.14. The molecule has 0 spiro atoms. The van der Waals surface area contributed by atoms with Gasteiger partial charge in [0, 0.05) is 6.54 Å². The molecule has 1 fully saturated rings. The van der Waals surface area contributed by atoms with Gasteiger partial charge in [-0.1, -0.05) is 11.6 Å². The molecule has 0 bridgehead atoms. The normalized spacial score (nSPS) is 23.1. The van der Waals surface area contributed by atoms with Gasteiger partial charge in [0.25, 0.3) is 0 Å². The molecule has 1 heterocycles. The van der Waals surface area contributed by atoms with Crippen molar-refractivity contribution in [2.75, 3.05) is 13.2 Å². The molecule has 1 unspecified atom stereocenters. The second-order valence-corrected chi connectivity index (χ2v) is 4.84. The molecule has 1 aliphatic heterocycles. The van der Waals surface area contributed by atoms with Crippen molar-refractivity contribution in [3.63, 3.8) is 0 Å². The smallest absolute Gasteiger partial charge is 0.406 e. The van der Waals surface area contributed by atoms with E-state index in [2.05, 4.69) is 5.32 Å². The summed E-state index contributed by atoms with van der Waals surface area (Å²) < 4.78 is 57.5. The first-order chi connectivity index (χ1) is 9.71. The Bertz CT molecular complexity index is 541. The highest BCUT2D eigenvalue weighted by Crippen LogP contribution is 2.36. The molecule has 1 saturated heterocycles. The summed E-state index contributed by atoms with van der Waals surface area (Å²) in [6.45, 7) is 0.0151. The van der Waals surface area contributed by atoms with Gasteiger partial charge in [-0.15, -0.1) is 0 Å². The number of carboxylic acid groups (broad SMARTS) is 1. The first-order valence-corrected chi connectivity index (χ1v) is 6.23. The van der Waals surface area contributed by atoms with Crippen LogP contribution in [0.15, 0.2) is 12.1 Å². The fourth-order valence-corrected chi connectivity index (χ4v) is 2.44. The highest BCUT2D eigenvalue weighted by Gasteiger charge is 2.47. The molecule has 0 aliphatic carbocycles. The lowest BCUT2D eigenvalue weighted by Crippen LogP contribution is -2.52. The van der Waals surface area contributed by atoms with E-state index in [1.54, 1.807) is 0 Å². The highest BCUT2D eigenvalue weighted by atomic mass is 35.5. The first kappa shape index (κ1) is 16.0. The number of carbonyl (C=O) groups is 1. The van der Waals surface area contributed by atoms with Crippen LogP contribution in [0.5, 0.6) is 0 Å². The van der Waals surface area contributed by atoms with Gasteiger partial charge in [0.2, 0.25) is 0 Å². The average Bonchev–Trinajstić information content (AvgIpc) is 2.36. The third-order valence-electron chi connectivity index (χ3n) is 3.03. The number of aromatic carboxylic acids is 1. The van der Waals surface area contributed by atoms with Crippen LogP contribution in [-0.2, 0) is 4.74 Å². The van der Waals surface area contributed by atoms with Crippen LogP contribution in [0.2, 0.25) is 5.02 Å². The lowest BCUT2D eigenvalue weighted by atomic mass is 9.98. The predicted octanol–water partition coefficient (Wildman–Crippen LogP) is 2.77. The summed E-state index contributed by atoms with van der Waals surface area (Å²) in [6.07, 6.45) is -6.09. The minimum Gasteiger partial charge on any atom is -0.478 e. The van der Waals surface area contributed by atoms with Crippen LogP contribution < -0.4 is 5.32 Å². The average molecular weight is 328 g/mol.